The van der Waals surface area contributed by atoms with Gasteiger partial charge in [0.25, 0.3) is 5.56 Å². The van der Waals surface area contributed by atoms with Gasteiger partial charge in [-0.3, -0.25) is 19.6 Å². The Morgan fingerprint density at radius 3 is 2.94 bits per heavy atom. The molecule has 17 heavy (non-hydrogen) atoms. The monoisotopic (exact) mass is 229 g/mol. The summed E-state index contributed by atoms with van der Waals surface area (Å²) in [5.41, 5.74) is 1.55. The standard InChI is InChI=1S/C12H11N3O2/c1-15-12(16)9-6-13-10-4-3-7(17-2)5-8(10)11(9)14-15/h3-6,14H,1-2H3. The molecule has 0 radical (unpaired) electrons. The van der Waals surface area contributed by atoms with Crippen molar-refractivity contribution in [2.75, 3.05) is 7.11 Å². The lowest BCUT2D eigenvalue weighted by Gasteiger charge is -2.02. The first-order valence-corrected chi connectivity index (χ1v) is 5.22. The maximum absolute atomic E-state index is 11.8. The van der Waals surface area contributed by atoms with Gasteiger partial charge in [-0.15, -0.1) is 0 Å². The highest BCUT2D eigenvalue weighted by Gasteiger charge is 2.09. The molecule has 0 saturated carbocycles. The molecule has 0 atom stereocenters. The van der Waals surface area contributed by atoms with E-state index in [1.807, 2.05) is 18.2 Å². The van der Waals surface area contributed by atoms with Gasteiger partial charge in [-0.1, -0.05) is 0 Å². The topological polar surface area (TPSA) is 59.9 Å². The molecule has 3 aromatic rings. The second kappa shape index (κ2) is 3.35. The maximum atomic E-state index is 11.8. The van der Waals surface area contributed by atoms with Crippen LogP contribution in [0.5, 0.6) is 5.75 Å². The Bertz CT molecular complexity index is 770. The van der Waals surface area contributed by atoms with E-state index < -0.39 is 0 Å². The highest BCUT2D eigenvalue weighted by molar-refractivity contribution is 6.03. The molecule has 0 unspecified atom stereocenters. The molecule has 0 fully saturated rings. The lowest BCUT2D eigenvalue weighted by molar-refractivity contribution is 0.415. The first-order valence-electron chi connectivity index (χ1n) is 5.22. The van der Waals surface area contributed by atoms with Crippen molar-refractivity contribution in [3.63, 3.8) is 0 Å². The first-order chi connectivity index (χ1) is 8.20. The van der Waals surface area contributed by atoms with Crippen molar-refractivity contribution < 1.29 is 4.74 Å². The minimum absolute atomic E-state index is 0.0720. The van der Waals surface area contributed by atoms with Gasteiger partial charge < -0.3 is 4.74 Å². The normalized spacial score (nSPS) is 11.2. The Hall–Kier alpha value is -2.30. The SMILES string of the molecule is COc1ccc2ncc3c(=O)n(C)[nH]c3c2c1. The fourth-order valence-electron chi connectivity index (χ4n) is 1.98. The molecule has 0 bridgehead atoms. The third kappa shape index (κ3) is 1.32. The predicted molar refractivity (Wildman–Crippen MR) is 65.4 cm³/mol. The Morgan fingerprint density at radius 2 is 2.18 bits per heavy atom. The molecule has 2 heterocycles. The van der Waals surface area contributed by atoms with Crippen molar-refractivity contribution in [2.24, 2.45) is 7.05 Å². The molecule has 1 N–H and O–H groups in total. The Morgan fingerprint density at radius 1 is 1.35 bits per heavy atom. The van der Waals surface area contributed by atoms with Gasteiger partial charge in [0.1, 0.15) is 5.75 Å². The average molecular weight is 229 g/mol. The lowest BCUT2D eigenvalue weighted by Crippen LogP contribution is -2.11. The molecule has 5 heteroatoms. The molecule has 0 aliphatic heterocycles. The van der Waals surface area contributed by atoms with Crippen LogP contribution in [0, 0.1) is 0 Å². The average Bonchev–Trinajstić information content (AvgIpc) is 2.65. The summed E-state index contributed by atoms with van der Waals surface area (Å²) >= 11 is 0. The number of aromatic amines is 1. The number of nitrogens with zero attached hydrogens (tertiary/aromatic N) is 2. The van der Waals surface area contributed by atoms with Crippen LogP contribution in [-0.4, -0.2) is 21.9 Å². The first kappa shape index (κ1) is 9.89. The number of hydrogen-bond donors (Lipinski definition) is 1. The Kier molecular flexibility index (Phi) is 1.95. The van der Waals surface area contributed by atoms with E-state index in [4.69, 9.17) is 4.74 Å². The van der Waals surface area contributed by atoms with Crippen LogP contribution in [0.25, 0.3) is 21.8 Å². The molecule has 0 amide bonds. The van der Waals surface area contributed by atoms with Crippen molar-refractivity contribution in [1.29, 1.82) is 0 Å². The van der Waals surface area contributed by atoms with E-state index in [9.17, 15) is 4.79 Å². The summed E-state index contributed by atoms with van der Waals surface area (Å²) in [6.07, 6.45) is 1.60. The zero-order chi connectivity index (χ0) is 12.0. The largest absolute Gasteiger partial charge is 0.497 e. The van der Waals surface area contributed by atoms with E-state index >= 15 is 0 Å². The number of H-pyrrole nitrogens is 1. The maximum Gasteiger partial charge on any atom is 0.275 e. The molecule has 0 saturated heterocycles. The molecule has 0 aliphatic carbocycles. The van der Waals surface area contributed by atoms with Crippen molar-refractivity contribution in [1.82, 2.24) is 14.8 Å². The summed E-state index contributed by atoms with van der Waals surface area (Å²) in [4.78, 5) is 16.1. The molecule has 86 valence electrons. The number of methoxy groups -OCH3 is 1. The zero-order valence-corrected chi connectivity index (χ0v) is 9.52. The molecular formula is C12H11N3O2. The van der Waals surface area contributed by atoms with Crippen LogP contribution in [0.15, 0.2) is 29.2 Å². The number of benzene rings is 1. The quantitative estimate of drug-likeness (QED) is 0.686. The number of rotatable bonds is 1. The summed E-state index contributed by atoms with van der Waals surface area (Å²) in [6.45, 7) is 0. The van der Waals surface area contributed by atoms with Gasteiger partial charge in [0, 0.05) is 18.6 Å². The summed E-state index contributed by atoms with van der Waals surface area (Å²) in [5, 5.41) is 4.51. The van der Waals surface area contributed by atoms with E-state index in [-0.39, 0.29) is 5.56 Å². The van der Waals surface area contributed by atoms with Crippen molar-refractivity contribution in [3.8, 4) is 5.75 Å². The molecule has 3 rings (SSSR count). The van der Waals surface area contributed by atoms with E-state index in [0.29, 0.717) is 5.39 Å². The van der Waals surface area contributed by atoms with Crippen LogP contribution in [-0.2, 0) is 7.05 Å². The Balaban J connectivity index is 2.53. The molecular weight excluding hydrogens is 218 g/mol. The van der Waals surface area contributed by atoms with Gasteiger partial charge in [-0.05, 0) is 18.2 Å². The van der Waals surface area contributed by atoms with Crippen LogP contribution in [0.1, 0.15) is 0 Å². The van der Waals surface area contributed by atoms with E-state index in [2.05, 4.69) is 10.1 Å². The minimum Gasteiger partial charge on any atom is -0.497 e. The number of aromatic nitrogens is 3. The number of nitrogens with one attached hydrogen (secondary N) is 1. The fraction of sp³-hybridized carbons (Fsp3) is 0.167. The van der Waals surface area contributed by atoms with Gasteiger partial charge >= 0.3 is 0 Å². The van der Waals surface area contributed by atoms with Gasteiger partial charge in [0.05, 0.1) is 23.5 Å². The zero-order valence-electron chi connectivity index (χ0n) is 9.52. The lowest BCUT2D eigenvalue weighted by atomic mass is 10.1. The molecule has 0 spiro atoms. The number of hydrogen-bond acceptors (Lipinski definition) is 3. The Labute approximate surface area is 96.6 Å². The molecule has 0 aliphatic rings. The van der Waals surface area contributed by atoms with Crippen molar-refractivity contribution >= 4 is 21.8 Å². The second-order valence-corrected chi connectivity index (χ2v) is 3.91. The third-order valence-corrected chi connectivity index (χ3v) is 2.89. The third-order valence-electron chi connectivity index (χ3n) is 2.89. The molecule has 1 aromatic carbocycles. The summed E-state index contributed by atoms with van der Waals surface area (Å²) < 4.78 is 6.63. The van der Waals surface area contributed by atoms with Crippen LogP contribution >= 0.6 is 0 Å². The highest BCUT2D eigenvalue weighted by atomic mass is 16.5. The van der Waals surface area contributed by atoms with Gasteiger partial charge in [-0.2, -0.15) is 0 Å². The van der Waals surface area contributed by atoms with Crippen LogP contribution in [0.2, 0.25) is 0 Å². The summed E-state index contributed by atoms with van der Waals surface area (Å²) in [7, 11) is 3.30. The van der Waals surface area contributed by atoms with Crippen LogP contribution in [0.3, 0.4) is 0 Å². The van der Waals surface area contributed by atoms with Crippen molar-refractivity contribution in [3.05, 3.63) is 34.7 Å². The highest BCUT2D eigenvalue weighted by Crippen LogP contribution is 2.24. The van der Waals surface area contributed by atoms with Crippen molar-refractivity contribution in [2.45, 2.75) is 0 Å². The fourth-order valence-corrected chi connectivity index (χ4v) is 1.98. The number of pyridine rings is 1. The number of fused-ring (bicyclic) bond motifs is 3. The summed E-state index contributed by atoms with van der Waals surface area (Å²) in [5.74, 6) is 0.747. The van der Waals surface area contributed by atoms with Gasteiger partial charge in [0.15, 0.2) is 0 Å². The second-order valence-electron chi connectivity index (χ2n) is 3.91. The van der Waals surface area contributed by atoms with E-state index in [1.54, 1.807) is 20.4 Å². The van der Waals surface area contributed by atoms with Crippen LogP contribution < -0.4 is 10.3 Å². The predicted octanol–water partition coefficient (Wildman–Crippen LogP) is 1.42. The number of ether oxygens (including phenoxy) is 1. The summed E-state index contributed by atoms with van der Waals surface area (Å²) in [6, 6.07) is 5.60. The van der Waals surface area contributed by atoms with E-state index in [0.717, 1.165) is 22.2 Å². The smallest absolute Gasteiger partial charge is 0.275 e. The van der Waals surface area contributed by atoms with Gasteiger partial charge in [0.2, 0.25) is 0 Å². The van der Waals surface area contributed by atoms with Gasteiger partial charge in [-0.25, -0.2) is 0 Å². The minimum atomic E-state index is -0.0720. The van der Waals surface area contributed by atoms with Crippen LogP contribution in [0.4, 0.5) is 0 Å². The number of aryl methyl sites for hydroxylation is 1. The van der Waals surface area contributed by atoms with E-state index in [1.165, 1.54) is 4.68 Å². The molecule has 2 aromatic heterocycles. The molecule has 5 nitrogen and oxygen atoms in total.